The number of ether oxygens (including phenoxy) is 1. The van der Waals surface area contributed by atoms with Gasteiger partial charge >= 0.3 is 5.97 Å². The van der Waals surface area contributed by atoms with Crippen molar-refractivity contribution in [1.82, 2.24) is 25.5 Å². The van der Waals surface area contributed by atoms with Crippen molar-refractivity contribution in [3.63, 3.8) is 0 Å². The summed E-state index contributed by atoms with van der Waals surface area (Å²) in [4.78, 5) is 99.7. The third kappa shape index (κ3) is 23.3. The molecule has 0 saturated heterocycles. The van der Waals surface area contributed by atoms with Crippen LogP contribution in [0.5, 0.6) is 5.75 Å². The lowest BCUT2D eigenvalue weighted by atomic mass is 9.94. The fraction of sp³-hybridized carbons (Fsp3) is 0.214. The third-order valence-corrected chi connectivity index (χ3v) is 24.3. The largest absolute Gasteiger partial charge is 0.497 e. The first-order chi connectivity index (χ1) is 60.4. The number of aliphatic hydroxyl groups is 3. The van der Waals surface area contributed by atoms with E-state index in [9.17, 15) is 33.6 Å². The number of carboxylic acids is 1. The quantitative estimate of drug-likeness (QED) is 0.0245. The fourth-order valence-corrected chi connectivity index (χ4v) is 16.5. The van der Waals surface area contributed by atoms with Gasteiger partial charge in [0.25, 0.3) is 11.8 Å². The Morgan fingerprint density at radius 3 is 1.41 bits per heavy atom. The second kappa shape index (κ2) is 43.6. The maximum atomic E-state index is 13.1. The van der Waals surface area contributed by atoms with Crippen molar-refractivity contribution in [2.75, 3.05) is 50.8 Å². The van der Waals surface area contributed by atoms with Crippen LogP contribution in [0.1, 0.15) is 120 Å². The Morgan fingerprint density at radius 2 is 0.929 bits per heavy atom. The Kier molecular flexibility index (Phi) is 32.7. The summed E-state index contributed by atoms with van der Waals surface area (Å²) in [6, 6.07) is 73.6. The van der Waals surface area contributed by atoms with Crippen molar-refractivity contribution < 1.29 is 78.0 Å². The molecule has 4 atom stereocenters. The predicted molar refractivity (Wildman–Crippen MR) is 493 cm³/mol. The van der Waals surface area contributed by atoms with E-state index in [4.69, 9.17) is 79.2 Å². The van der Waals surface area contributed by atoms with Crippen molar-refractivity contribution in [3.8, 4) is 28.7 Å². The number of amides is 2. The minimum Gasteiger partial charge on any atom is -0.497 e. The van der Waals surface area contributed by atoms with Gasteiger partial charge in [-0.15, -0.1) is 0 Å². The zero-order valence-corrected chi connectivity index (χ0v) is 74.5. The highest BCUT2D eigenvalue weighted by molar-refractivity contribution is 8.00. The molecule has 0 spiro atoms. The summed E-state index contributed by atoms with van der Waals surface area (Å²) in [6.45, 7) is 12.0. The highest BCUT2D eigenvalue weighted by atomic mass is 35.5. The van der Waals surface area contributed by atoms with Crippen molar-refractivity contribution >= 4 is 155 Å². The molecule has 16 rings (SSSR count). The summed E-state index contributed by atoms with van der Waals surface area (Å²) in [5.41, 5.74) is 20.0. The van der Waals surface area contributed by atoms with E-state index in [0.29, 0.717) is 94.0 Å². The lowest BCUT2D eigenvalue weighted by Gasteiger charge is -2.30. The molecule has 0 fully saturated rings. The van der Waals surface area contributed by atoms with Gasteiger partial charge in [0.15, 0.2) is 28.5 Å². The summed E-state index contributed by atoms with van der Waals surface area (Å²) in [7, 11) is 5.62. The second-order valence-corrected chi connectivity index (χ2v) is 33.7. The zero-order valence-electron chi connectivity index (χ0n) is 70.6. The lowest BCUT2D eigenvalue weighted by Crippen LogP contribution is -2.24. The van der Waals surface area contributed by atoms with Crippen LogP contribution in [-0.2, 0) is 48.0 Å². The van der Waals surface area contributed by atoms with E-state index >= 15 is 0 Å². The normalized spacial score (nSPS) is 12.5. The number of nitrogens with one attached hydrogen (secondary N) is 2. The van der Waals surface area contributed by atoms with Gasteiger partial charge in [0.05, 0.1) is 53.6 Å². The van der Waals surface area contributed by atoms with Crippen LogP contribution in [0.2, 0.25) is 15.1 Å². The number of ketones is 3. The second-order valence-electron chi connectivity index (χ2n) is 30.3. The SMILES string of the molecule is CC(C(=O)CO)c1ccc2c(c1)N(C)c1ccccc1S2.CC(C(=O)NO)c1ccc2oc(-c3ccc(Cl)cc3)nc2c1.CC(C(=O)O)c1ccc2oc(-c3ccc(Cl)cc3)nc2c1.CC(C)Cc1ccc(C(C)C(=O)CO)cc1.CN1c2ccccc2Sc2ccc(CC(=O)CO)cc21.COc1ccc2c(c1)c(CC(=O)NO)c(C)n2C(=O)c1ccc(Cl)cc1. The standard InChI is InChI=1S/C19H17ClN2O4.C17H17NO2S.C16H13ClN2O3.C16H12ClNO3.C16H15NO2S.C14H20O2/c1-11-15(10-18(23)21-25)16-9-14(26-2)7-8-17(16)22(11)19(24)12-3-5-13(20)6-4-12;1-11(15(20)10-19)12-7-8-17-14(9-12)18(2)13-5-3-4-6-16(13)21-17;1-9(15(20)19-21)11-4-7-14-13(8-11)18-16(22-14)10-2-5-12(17)6-3-10;1-9(16(19)20)11-4-7-14-13(8-11)18-15(21-14)10-2-5-12(17)6-3-10;1-17-13-4-2-3-5-15(13)20-16-7-6-11(9-14(16)17)8-12(19)10-18;1-10(2)8-12-4-6-13(7-5-12)11(3)14(16)9-15/h3-9,25H,10H2,1-2H3,(H,21,23);3-9,11,19H,10H2,1-2H3;2-9,21H,1H3,(H,19,20);2-9H,1H3,(H,19,20);2-7,9,18H,8,10H2,1H3;4-7,10-11,15H,8-9H2,1-3H3. The number of hydrogen-bond acceptors (Lipinski definition) is 21. The van der Waals surface area contributed by atoms with E-state index in [2.05, 4.69) is 82.1 Å². The Labute approximate surface area is 751 Å². The minimum atomic E-state index is -0.865. The average Bonchev–Trinajstić information content (AvgIpc) is 1.51. The molecule has 2 aliphatic heterocycles. The molecule has 0 aliphatic carbocycles. The number of rotatable bonds is 21. The smallest absolute Gasteiger partial charge is 0.310 e. The fourth-order valence-electron chi connectivity index (χ4n) is 13.9. The van der Waals surface area contributed by atoms with Gasteiger partial charge < -0.3 is 43.8 Å². The van der Waals surface area contributed by atoms with Crippen molar-refractivity contribution in [2.24, 2.45) is 5.92 Å². The summed E-state index contributed by atoms with van der Waals surface area (Å²) in [5.74, 6) is -1.89. The number of aliphatic carboxylic acids is 1. The Balaban J connectivity index is 0.000000148. The molecule has 0 radical (unpaired) electrons. The number of aromatic nitrogens is 3. The number of nitrogens with zero attached hydrogens (tertiary/aromatic N) is 5. The van der Waals surface area contributed by atoms with Crippen LogP contribution >= 0.6 is 58.3 Å². The van der Waals surface area contributed by atoms with E-state index in [-0.39, 0.29) is 54.5 Å². The number of carbonyl (C=O) groups excluding carboxylic acids is 6. The van der Waals surface area contributed by atoms with Gasteiger partial charge in [-0.1, -0.05) is 159 Å². The molecule has 11 aromatic carbocycles. The number of Topliss-reactive ketones (excluding diaryl/α,β-unsaturated/α-hetero) is 3. The molecular weight excluding hydrogens is 1700 g/mol. The molecule has 126 heavy (non-hydrogen) atoms. The van der Waals surface area contributed by atoms with E-state index in [1.54, 1.807) is 170 Å². The van der Waals surface area contributed by atoms with E-state index in [1.165, 1.54) is 36.5 Å². The van der Waals surface area contributed by atoms with Gasteiger partial charge in [-0.05, 0) is 236 Å². The molecule has 0 bridgehead atoms. The topological polar surface area (TPSA) is 338 Å². The first-order valence-electron chi connectivity index (χ1n) is 40.1. The number of aliphatic hydroxyl groups excluding tert-OH is 3. The molecule has 3 aromatic heterocycles. The Hall–Kier alpha value is -12.2. The number of carbonyl (C=O) groups is 7. The van der Waals surface area contributed by atoms with Crippen molar-refractivity contribution in [3.05, 3.63) is 302 Å². The molecule has 28 heteroatoms. The number of anilines is 4. The predicted octanol–water partition coefficient (Wildman–Crippen LogP) is 20.6. The molecule has 23 nitrogen and oxygen atoms in total. The van der Waals surface area contributed by atoms with Crippen LogP contribution < -0.4 is 25.5 Å². The number of oxazole rings is 2. The van der Waals surface area contributed by atoms with Gasteiger partial charge in [0.2, 0.25) is 17.7 Å². The van der Waals surface area contributed by atoms with Crippen LogP contribution in [0.3, 0.4) is 0 Å². The zero-order chi connectivity index (χ0) is 90.7. The Bertz CT molecular complexity index is 6260. The summed E-state index contributed by atoms with van der Waals surface area (Å²) < 4.78 is 18.2. The van der Waals surface area contributed by atoms with Crippen molar-refractivity contribution in [2.45, 2.75) is 111 Å². The number of benzene rings is 11. The van der Waals surface area contributed by atoms with Crippen LogP contribution in [0.4, 0.5) is 22.7 Å². The van der Waals surface area contributed by atoms with E-state index in [0.717, 1.165) is 51.2 Å². The monoisotopic (exact) mass is 1790 g/mol. The number of halogens is 3. The molecular formula is C98H94Cl3N7O16S2. The minimum absolute atomic E-state index is 0.0626. The number of fused-ring (bicyclic) bond motifs is 7. The third-order valence-electron chi connectivity index (χ3n) is 21.3. The van der Waals surface area contributed by atoms with Crippen LogP contribution in [0.15, 0.2) is 265 Å². The number of hydroxylamine groups is 2. The molecule has 14 aromatic rings. The van der Waals surface area contributed by atoms with Crippen molar-refractivity contribution in [1.29, 1.82) is 0 Å². The number of para-hydroxylation sites is 2. The molecule has 5 heterocycles. The van der Waals surface area contributed by atoms with Crippen LogP contribution in [0, 0.1) is 12.8 Å². The number of carboxylic acid groups (broad SMARTS) is 1. The maximum Gasteiger partial charge on any atom is 0.310 e. The van der Waals surface area contributed by atoms with Crippen LogP contribution in [-0.4, -0.2) is 127 Å². The number of hydrogen-bond donors (Lipinski definition) is 8. The first kappa shape index (κ1) is 94.4. The van der Waals surface area contributed by atoms with Gasteiger partial charge in [0.1, 0.15) is 36.6 Å². The maximum absolute atomic E-state index is 13.1. The molecule has 0 saturated carbocycles. The van der Waals surface area contributed by atoms with E-state index in [1.807, 2.05) is 113 Å². The Morgan fingerprint density at radius 1 is 0.476 bits per heavy atom. The van der Waals surface area contributed by atoms with E-state index < -0.39 is 42.8 Å². The highest BCUT2D eigenvalue weighted by Crippen LogP contribution is 2.50. The first-order valence-corrected chi connectivity index (χ1v) is 42.9. The highest BCUT2D eigenvalue weighted by Gasteiger charge is 2.27. The number of methoxy groups -OCH3 is 1. The van der Waals surface area contributed by atoms with Gasteiger partial charge in [-0.3, -0.25) is 48.5 Å². The molecule has 8 N–H and O–H groups in total. The average molecular weight is 1800 g/mol. The summed E-state index contributed by atoms with van der Waals surface area (Å²) in [5, 5.41) is 55.9. The molecule has 4 unspecified atom stereocenters. The van der Waals surface area contributed by atoms with Gasteiger partial charge in [-0.2, -0.15) is 0 Å². The summed E-state index contributed by atoms with van der Waals surface area (Å²) >= 11 is 21.1. The van der Waals surface area contributed by atoms with Gasteiger partial charge in [0, 0.05) is 94.8 Å². The molecule has 650 valence electrons. The molecule has 2 aliphatic rings. The van der Waals surface area contributed by atoms with Gasteiger partial charge in [-0.25, -0.2) is 20.9 Å². The van der Waals surface area contributed by atoms with Crippen LogP contribution in [0.25, 0.3) is 56.0 Å². The molecule has 2 amide bonds. The lowest BCUT2D eigenvalue weighted by molar-refractivity contribution is -0.138. The summed E-state index contributed by atoms with van der Waals surface area (Å²) in [6.07, 6.45) is 1.28.